The van der Waals surface area contributed by atoms with Gasteiger partial charge in [-0.25, -0.2) is 4.57 Å². The number of hydrogen-bond acceptors (Lipinski definition) is 7. The highest BCUT2D eigenvalue weighted by atomic mass is 31.2. The summed E-state index contributed by atoms with van der Waals surface area (Å²) >= 11 is 0. The number of esters is 2. The summed E-state index contributed by atoms with van der Waals surface area (Å²) in [6.45, 7) is 4.12. The Labute approximate surface area is 440 Å². The van der Waals surface area contributed by atoms with Crippen LogP contribution in [0, 0.1) is 0 Å². The van der Waals surface area contributed by atoms with Crippen LogP contribution < -0.4 is 0 Å². The van der Waals surface area contributed by atoms with Gasteiger partial charge >= 0.3 is 19.8 Å². The lowest BCUT2D eigenvalue weighted by Gasteiger charge is -2.24. The summed E-state index contributed by atoms with van der Waals surface area (Å²) in [5, 5.41) is 0. The zero-order valence-corrected chi connectivity index (χ0v) is 46.7. The number of phosphoric acid groups is 1. The molecular formula is C62H101NO8P+. The number of rotatable bonds is 48. The maximum absolute atomic E-state index is 12.8. The number of hydrogen-bond donors (Lipinski definition) is 1. The van der Waals surface area contributed by atoms with Gasteiger partial charge in [0.1, 0.15) is 19.8 Å². The third-order valence-electron chi connectivity index (χ3n) is 10.9. The highest BCUT2D eigenvalue weighted by molar-refractivity contribution is 7.47. The summed E-state index contributed by atoms with van der Waals surface area (Å²) < 4.78 is 34.5. The average Bonchev–Trinajstić information content (AvgIpc) is 3.34. The molecule has 0 aliphatic rings. The van der Waals surface area contributed by atoms with Gasteiger partial charge in [0.05, 0.1) is 27.7 Å². The third-order valence-corrected chi connectivity index (χ3v) is 11.8. The van der Waals surface area contributed by atoms with Crippen LogP contribution >= 0.6 is 7.82 Å². The summed E-state index contributed by atoms with van der Waals surface area (Å²) in [4.78, 5) is 35.7. The first-order chi connectivity index (χ1) is 35.0. The third kappa shape index (κ3) is 55.2. The number of carbonyl (C=O) groups excluding carboxylic acids is 2. The largest absolute Gasteiger partial charge is 0.472 e. The number of allylic oxidation sites excluding steroid dienone is 24. The zero-order valence-electron chi connectivity index (χ0n) is 45.8. The molecule has 0 bridgehead atoms. The van der Waals surface area contributed by atoms with E-state index in [1.807, 2.05) is 21.1 Å². The highest BCUT2D eigenvalue weighted by Crippen LogP contribution is 2.43. The molecule has 0 aromatic rings. The minimum absolute atomic E-state index is 0.0145. The Morgan fingerprint density at radius 2 is 0.750 bits per heavy atom. The van der Waals surface area contributed by atoms with Gasteiger partial charge < -0.3 is 18.9 Å². The standard InChI is InChI=1S/C62H100NO8P/c1-6-8-10-12-14-16-18-20-22-24-26-28-30-31-33-35-37-39-41-43-45-47-49-51-53-55-62(65)71-60(59-70-72(66,67)69-57-56-63(3,4)5)58-68-61(64)54-52-50-48-46-44-42-40-38-36-34-32-29-27-25-23-21-19-17-15-13-11-9-7-2/h8-11,14-17,20-23,26-29,31,33-34,36-37,39-40,42,60H,6-7,12-13,18-19,24-25,30,32,35,38,41,43-59H2,1-5H3/p+1/b10-8-,11-9-,16-14-,17-15-,22-20-,23-21-,28-26-,29-27-,33-31-,36-34-,39-37-,42-40-. The average molecular weight is 1020 g/mol. The van der Waals surface area contributed by atoms with Gasteiger partial charge in [-0.3, -0.25) is 18.6 Å². The van der Waals surface area contributed by atoms with Gasteiger partial charge in [0.2, 0.25) is 0 Å². The van der Waals surface area contributed by atoms with Crippen LogP contribution in [0.2, 0.25) is 0 Å². The van der Waals surface area contributed by atoms with E-state index in [2.05, 4.69) is 160 Å². The molecule has 9 nitrogen and oxygen atoms in total. The molecule has 0 amide bonds. The fourth-order valence-electron chi connectivity index (χ4n) is 6.67. The number of ether oxygens (including phenoxy) is 2. The Morgan fingerprint density at radius 3 is 1.11 bits per heavy atom. The topological polar surface area (TPSA) is 108 Å². The Hall–Kier alpha value is -4.11. The van der Waals surface area contributed by atoms with Crippen molar-refractivity contribution in [3.63, 3.8) is 0 Å². The SMILES string of the molecule is CC/C=C\C/C=C\C/C=C\C/C=C\C/C=C\C/C=C\CCCCCCCCC(=O)OC(COC(=O)CCCCCC/C=C\C/C=C\C/C=C\C/C=C\C/C=C\C/C=C\CC)COP(=O)(O)OCC[N+](C)(C)C. The molecule has 0 aromatic carbocycles. The van der Waals surface area contributed by atoms with Crippen LogP contribution in [-0.4, -0.2) is 74.9 Å². The van der Waals surface area contributed by atoms with E-state index in [0.29, 0.717) is 23.9 Å². The minimum Gasteiger partial charge on any atom is -0.462 e. The second kappa shape index (κ2) is 51.8. The second-order valence-corrected chi connectivity index (χ2v) is 20.3. The fraction of sp³-hybridized carbons (Fsp3) is 0.581. The van der Waals surface area contributed by atoms with Gasteiger partial charge in [-0.1, -0.05) is 198 Å². The van der Waals surface area contributed by atoms with Gasteiger partial charge in [-0.05, 0) is 116 Å². The van der Waals surface area contributed by atoms with Gasteiger partial charge in [0, 0.05) is 12.8 Å². The quantitative estimate of drug-likeness (QED) is 0.0211. The summed E-state index contributed by atoms with van der Waals surface area (Å²) in [5.41, 5.74) is 0. The first-order valence-electron chi connectivity index (χ1n) is 27.6. The van der Waals surface area contributed by atoms with Crippen molar-refractivity contribution in [1.82, 2.24) is 0 Å². The van der Waals surface area contributed by atoms with E-state index in [0.717, 1.165) is 141 Å². The minimum atomic E-state index is -4.41. The number of quaternary nitrogens is 1. The Morgan fingerprint density at radius 1 is 0.431 bits per heavy atom. The first-order valence-corrected chi connectivity index (χ1v) is 29.1. The normalized spacial score (nSPS) is 14.5. The number of likely N-dealkylation sites (N-methyl/N-ethyl adjacent to an activating group) is 1. The van der Waals surface area contributed by atoms with Crippen molar-refractivity contribution in [2.75, 3.05) is 47.5 Å². The molecule has 72 heavy (non-hydrogen) atoms. The molecular weight excluding hydrogens is 918 g/mol. The van der Waals surface area contributed by atoms with Crippen molar-refractivity contribution in [1.29, 1.82) is 0 Å². The maximum atomic E-state index is 12.8. The molecule has 406 valence electrons. The number of nitrogens with zero attached hydrogens (tertiary/aromatic N) is 1. The lowest BCUT2D eigenvalue weighted by Crippen LogP contribution is -2.37. The lowest BCUT2D eigenvalue weighted by molar-refractivity contribution is -0.870. The number of carbonyl (C=O) groups is 2. The van der Waals surface area contributed by atoms with E-state index in [1.54, 1.807) is 0 Å². The molecule has 0 saturated carbocycles. The molecule has 0 saturated heterocycles. The smallest absolute Gasteiger partial charge is 0.462 e. The molecule has 0 radical (unpaired) electrons. The molecule has 2 unspecified atom stereocenters. The molecule has 0 aliphatic heterocycles. The van der Waals surface area contributed by atoms with E-state index >= 15 is 0 Å². The van der Waals surface area contributed by atoms with E-state index in [9.17, 15) is 19.0 Å². The molecule has 0 heterocycles. The van der Waals surface area contributed by atoms with Crippen LogP contribution in [0.5, 0.6) is 0 Å². The van der Waals surface area contributed by atoms with E-state index in [4.69, 9.17) is 18.5 Å². The Balaban J connectivity index is 4.35. The van der Waals surface area contributed by atoms with Crippen LogP contribution in [0.15, 0.2) is 146 Å². The van der Waals surface area contributed by atoms with E-state index in [1.165, 1.54) is 0 Å². The predicted molar refractivity (Wildman–Crippen MR) is 307 cm³/mol. The molecule has 0 fully saturated rings. The predicted octanol–water partition coefficient (Wildman–Crippen LogP) is 17.1. The van der Waals surface area contributed by atoms with Crippen LogP contribution in [0.3, 0.4) is 0 Å². The van der Waals surface area contributed by atoms with Crippen LogP contribution in [0.4, 0.5) is 0 Å². The number of unbranched alkanes of at least 4 members (excludes halogenated alkanes) is 10. The molecule has 0 aromatic heterocycles. The summed E-state index contributed by atoms with van der Waals surface area (Å²) in [7, 11) is 1.42. The van der Waals surface area contributed by atoms with Crippen LogP contribution in [-0.2, 0) is 32.7 Å². The molecule has 2 atom stereocenters. The van der Waals surface area contributed by atoms with Crippen LogP contribution in [0.1, 0.15) is 181 Å². The molecule has 0 aliphatic carbocycles. The van der Waals surface area contributed by atoms with Crippen LogP contribution in [0.25, 0.3) is 0 Å². The molecule has 10 heteroatoms. The van der Waals surface area contributed by atoms with Crippen molar-refractivity contribution in [2.45, 2.75) is 187 Å². The Kier molecular flexibility index (Phi) is 48.8. The van der Waals surface area contributed by atoms with E-state index < -0.39 is 32.5 Å². The Bertz CT molecular complexity index is 1720. The molecule has 1 N–H and O–H groups in total. The summed E-state index contributed by atoms with van der Waals surface area (Å²) in [6, 6.07) is 0. The summed E-state index contributed by atoms with van der Waals surface area (Å²) in [6.07, 6.45) is 76.1. The van der Waals surface area contributed by atoms with Crippen molar-refractivity contribution in [3.05, 3.63) is 146 Å². The van der Waals surface area contributed by atoms with Gasteiger partial charge in [0.15, 0.2) is 6.10 Å². The van der Waals surface area contributed by atoms with Gasteiger partial charge in [-0.15, -0.1) is 0 Å². The van der Waals surface area contributed by atoms with Crippen molar-refractivity contribution in [3.8, 4) is 0 Å². The highest BCUT2D eigenvalue weighted by Gasteiger charge is 2.27. The second-order valence-electron chi connectivity index (χ2n) is 18.8. The van der Waals surface area contributed by atoms with Gasteiger partial charge in [0.25, 0.3) is 0 Å². The van der Waals surface area contributed by atoms with Crippen molar-refractivity contribution >= 4 is 19.8 Å². The fourth-order valence-corrected chi connectivity index (χ4v) is 7.41. The monoisotopic (exact) mass is 1020 g/mol. The van der Waals surface area contributed by atoms with Gasteiger partial charge in [-0.2, -0.15) is 0 Å². The van der Waals surface area contributed by atoms with Crippen molar-refractivity contribution in [2.24, 2.45) is 0 Å². The number of phosphoric ester groups is 1. The summed E-state index contributed by atoms with van der Waals surface area (Å²) in [5.74, 6) is -0.858. The maximum Gasteiger partial charge on any atom is 0.472 e. The molecule has 0 spiro atoms. The van der Waals surface area contributed by atoms with E-state index in [-0.39, 0.29) is 26.1 Å². The van der Waals surface area contributed by atoms with Crippen molar-refractivity contribution < 1.29 is 42.1 Å². The first kappa shape index (κ1) is 67.9. The zero-order chi connectivity index (χ0) is 52.7. The molecule has 0 rings (SSSR count). The lowest BCUT2D eigenvalue weighted by atomic mass is 10.1.